The van der Waals surface area contributed by atoms with Crippen LogP contribution in [0.3, 0.4) is 0 Å². The molecule has 1 rings (SSSR count). The molecule has 1 aromatic carbocycles. The molecule has 0 bridgehead atoms. The van der Waals surface area contributed by atoms with Gasteiger partial charge in [0.2, 0.25) is 0 Å². The number of benzene rings is 1. The average molecular weight is 350 g/mol. The van der Waals surface area contributed by atoms with Crippen molar-refractivity contribution < 1.29 is 9.53 Å². The molecular weight excluding hydrogens is 336 g/mol. The fraction of sp³-hybridized carbons (Fsp3) is 0.417. The molecule has 1 aromatic rings. The van der Waals surface area contributed by atoms with Crippen LogP contribution < -0.4 is 0 Å². The van der Waals surface area contributed by atoms with Crippen molar-refractivity contribution in [1.29, 1.82) is 0 Å². The molecule has 0 aliphatic rings. The molecule has 0 radical (unpaired) electrons. The molecule has 0 unspecified atom stereocenters. The summed E-state index contributed by atoms with van der Waals surface area (Å²) in [5.41, 5.74) is 3.26. The number of alkyl halides is 1. The monoisotopic (exact) mass is 348 g/mol. The molecule has 0 saturated carbocycles. The van der Waals surface area contributed by atoms with Gasteiger partial charge in [-0.2, -0.15) is 0 Å². The Morgan fingerprint density at radius 1 is 1.44 bits per heavy atom. The van der Waals surface area contributed by atoms with E-state index >= 15 is 0 Å². The Labute approximate surface area is 113 Å². The Balaban J connectivity index is 2.94. The van der Waals surface area contributed by atoms with Crippen LogP contribution in [0.15, 0.2) is 16.6 Å². The van der Waals surface area contributed by atoms with E-state index in [9.17, 15) is 4.79 Å². The van der Waals surface area contributed by atoms with Gasteiger partial charge >= 0.3 is 5.97 Å². The molecule has 88 valence electrons. The fourth-order valence-corrected chi connectivity index (χ4v) is 2.30. The smallest absolute Gasteiger partial charge is 0.310 e. The quantitative estimate of drug-likeness (QED) is 0.611. The molecule has 4 heteroatoms. The van der Waals surface area contributed by atoms with E-state index < -0.39 is 0 Å². The summed E-state index contributed by atoms with van der Waals surface area (Å²) < 4.78 is 5.98. The minimum Gasteiger partial charge on any atom is -0.466 e. The molecule has 0 saturated heterocycles. The third-order valence-electron chi connectivity index (χ3n) is 2.31. The van der Waals surface area contributed by atoms with Crippen molar-refractivity contribution in [2.45, 2.75) is 25.6 Å². The zero-order valence-corrected chi connectivity index (χ0v) is 12.5. The molecule has 0 fully saturated rings. The summed E-state index contributed by atoms with van der Waals surface area (Å²) >= 11 is 6.90. The van der Waals surface area contributed by atoms with Gasteiger partial charge in [0.25, 0.3) is 0 Å². The van der Waals surface area contributed by atoms with Crippen LogP contribution in [0.4, 0.5) is 0 Å². The minimum atomic E-state index is -0.177. The van der Waals surface area contributed by atoms with Gasteiger partial charge in [-0.3, -0.25) is 4.79 Å². The Kier molecular flexibility index (Phi) is 5.49. The second-order valence-corrected chi connectivity index (χ2v) is 4.89. The summed E-state index contributed by atoms with van der Waals surface area (Å²) in [5.74, 6) is -0.177. The normalized spacial score (nSPS) is 10.2. The standard InChI is InChI=1S/C12H14Br2O2/c1-3-16-12(15)6-10-4-9(7-13)5-11(14)8(10)2/h4-5H,3,6-7H2,1-2H3. The summed E-state index contributed by atoms with van der Waals surface area (Å²) in [5, 5.41) is 0.779. The van der Waals surface area contributed by atoms with Crippen LogP contribution in [-0.2, 0) is 21.3 Å². The largest absolute Gasteiger partial charge is 0.466 e. The lowest BCUT2D eigenvalue weighted by molar-refractivity contribution is -0.142. The fourth-order valence-electron chi connectivity index (χ4n) is 1.43. The summed E-state index contributed by atoms with van der Waals surface area (Å²) in [7, 11) is 0. The second kappa shape index (κ2) is 6.40. The topological polar surface area (TPSA) is 26.3 Å². The van der Waals surface area contributed by atoms with Gasteiger partial charge in [-0.05, 0) is 36.6 Å². The van der Waals surface area contributed by atoms with E-state index in [0.29, 0.717) is 13.0 Å². The predicted molar refractivity (Wildman–Crippen MR) is 71.8 cm³/mol. The molecule has 0 aliphatic heterocycles. The maximum absolute atomic E-state index is 11.4. The Morgan fingerprint density at radius 3 is 2.69 bits per heavy atom. The van der Waals surface area contributed by atoms with E-state index in [1.54, 1.807) is 0 Å². The first-order valence-electron chi connectivity index (χ1n) is 5.08. The number of hydrogen-bond acceptors (Lipinski definition) is 2. The van der Waals surface area contributed by atoms with Gasteiger partial charge in [-0.15, -0.1) is 0 Å². The summed E-state index contributed by atoms with van der Waals surface area (Å²) in [4.78, 5) is 11.4. The first-order chi connectivity index (χ1) is 7.58. The Bertz CT molecular complexity index is 389. The van der Waals surface area contributed by atoms with Crippen LogP contribution in [0.25, 0.3) is 0 Å². The molecule has 16 heavy (non-hydrogen) atoms. The number of rotatable bonds is 4. The van der Waals surface area contributed by atoms with Crippen molar-refractivity contribution in [2.24, 2.45) is 0 Å². The predicted octanol–water partition coefficient (Wildman–Crippen LogP) is 3.76. The molecule has 0 atom stereocenters. The highest BCUT2D eigenvalue weighted by Gasteiger charge is 2.10. The molecule has 0 aliphatic carbocycles. The van der Waals surface area contributed by atoms with Gasteiger partial charge in [0, 0.05) is 9.80 Å². The van der Waals surface area contributed by atoms with Crippen LogP contribution in [-0.4, -0.2) is 12.6 Å². The van der Waals surface area contributed by atoms with E-state index in [4.69, 9.17) is 4.74 Å². The molecule has 2 nitrogen and oxygen atoms in total. The van der Waals surface area contributed by atoms with Crippen LogP contribution in [0.1, 0.15) is 23.6 Å². The molecule has 0 aromatic heterocycles. The van der Waals surface area contributed by atoms with Crippen molar-refractivity contribution in [3.8, 4) is 0 Å². The highest BCUT2D eigenvalue weighted by Crippen LogP contribution is 2.24. The number of carbonyl (C=O) groups excluding carboxylic acids is 1. The zero-order valence-electron chi connectivity index (χ0n) is 9.35. The maximum atomic E-state index is 11.4. The molecule has 0 heterocycles. The SMILES string of the molecule is CCOC(=O)Cc1cc(CBr)cc(Br)c1C. The number of esters is 1. The van der Waals surface area contributed by atoms with E-state index in [0.717, 1.165) is 26.5 Å². The van der Waals surface area contributed by atoms with Crippen LogP contribution in [0, 0.1) is 6.92 Å². The summed E-state index contributed by atoms with van der Waals surface area (Å²) in [6.07, 6.45) is 0.332. The third kappa shape index (κ3) is 3.59. The zero-order chi connectivity index (χ0) is 12.1. The summed E-state index contributed by atoms with van der Waals surface area (Å²) in [6, 6.07) is 4.09. The Morgan fingerprint density at radius 2 is 2.12 bits per heavy atom. The highest BCUT2D eigenvalue weighted by atomic mass is 79.9. The lowest BCUT2D eigenvalue weighted by atomic mass is 10.0. The van der Waals surface area contributed by atoms with Crippen molar-refractivity contribution >= 4 is 37.8 Å². The van der Waals surface area contributed by atoms with Gasteiger partial charge in [-0.25, -0.2) is 0 Å². The number of hydrogen-bond donors (Lipinski definition) is 0. The average Bonchev–Trinajstić information content (AvgIpc) is 2.24. The van der Waals surface area contributed by atoms with E-state index in [1.807, 2.05) is 19.9 Å². The van der Waals surface area contributed by atoms with E-state index in [2.05, 4.69) is 37.9 Å². The lowest BCUT2D eigenvalue weighted by Gasteiger charge is -2.09. The Hall–Kier alpha value is -0.350. The number of ether oxygens (including phenoxy) is 1. The van der Waals surface area contributed by atoms with Crippen molar-refractivity contribution in [1.82, 2.24) is 0 Å². The molecule has 0 spiro atoms. The van der Waals surface area contributed by atoms with Crippen LogP contribution in [0.2, 0.25) is 0 Å². The van der Waals surface area contributed by atoms with Gasteiger partial charge in [0.15, 0.2) is 0 Å². The van der Waals surface area contributed by atoms with E-state index in [1.165, 1.54) is 0 Å². The maximum Gasteiger partial charge on any atom is 0.310 e. The van der Waals surface area contributed by atoms with Crippen LogP contribution >= 0.6 is 31.9 Å². The number of carbonyl (C=O) groups is 1. The highest BCUT2D eigenvalue weighted by molar-refractivity contribution is 9.10. The summed E-state index contributed by atoms with van der Waals surface area (Å²) in [6.45, 7) is 4.24. The van der Waals surface area contributed by atoms with Crippen LogP contribution in [0.5, 0.6) is 0 Å². The molecule has 0 amide bonds. The second-order valence-electron chi connectivity index (χ2n) is 3.48. The molecular formula is C12H14Br2O2. The van der Waals surface area contributed by atoms with Crippen molar-refractivity contribution in [2.75, 3.05) is 6.61 Å². The minimum absolute atomic E-state index is 0.177. The van der Waals surface area contributed by atoms with Gasteiger partial charge in [-0.1, -0.05) is 37.9 Å². The molecule has 0 N–H and O–H groups in total. The lowest BCUT2D eigenvalue weighted by Crippen LogP contribution is -2.09. The van der Waals surface area contributed by atoms with Gasteiger partial charge < -0.3 is 4.74 Å². The van der Waals surface area contributed by atoms with Gasteiger partial charge in [0.1, 0.15) is 0 Å². The third-order valence-corrected chi connectivity index (χ3v) is 3.78. The first kappa shape index (κ1) is 13.7. The van der Waals surface area contributed by atoms with Crippen molar-refractivity contribution in [3.63, 3.8) is 0 Å². The van der Waals surface area contributed by atoms with Crippen molar-refractivity contribution in [3.05, 3.63) is 33.3 Å². The van der Waals surface area contributed by atoms with Gasteiger partial charge in [0.05, 0.1) is 13.0 Å². The number of halogens is 2. The first-order valence-corrected chi connectivity index (χ1v) is 6.99. The van der Waals surface area contributed by atoms with E-state index in [-0.39, 0.29) is 5.97 Å².